The van der Waals surface area contributed by atoms with E-state index in [-0.39, 0.29) is 11.8 Å². The van der Waals surface area contributed by atoms with Crippen LogP contribution in [0.1, 0.15) is 12.5 Å². The molecular weight excluding hydrogens is 356 g/mol. The van der Waals surface area contributed by atoms with Crippen LogP contribution in [-0.4, -0.2) is 86.2 Å². The van der Waals surface area contributed by atoms with Crippen LogP contribution in [0.3, 0.4) is 0 Å². The third-order valence-electron chi connectivity index (χ3n) is 4.51. The molecule has 146 valence electrons. The molecule has 0 aliphatic carbocycles. The predicted octanol–water partition coefficient (Wildman–Crippen LogP) is 0.709. The molecule has 1 aromatic rings. The van der Waals surface area contributed by atoms with Crippen molar-refractivity contribution in [2.45, 2.75) is 19.5 Å². The van der Waals surface area contributed by atoms with Gasteiger partial charge in [-0.1, -0.05) is 30.3 Å². The number of carboxylic acids is 1. The SMILES string of the molecule is CC(CN1CCOCC1)N(CCS(=O)(=O)CC(=O)O)Cc1ccccc1. The highest BCUT2D eigenvalue weighted by molar-refractivity contribution is 7.92. The Bertz CT molecular complexity index is 659. The van der Waals surface area contributed by atoms with Gasteiger partial charge in [0.2, 0.25) is 0 Å². The molecule has 0 spiro atoms. The summed E-state index contributed by atoms with van der Waals surface area (Å²) in [7, 11) is -3.61. The average Bonchev–Trinajstić information content (AvgIpc) is 2.59. The summed E-state index contributed by atoms with van der Waals surface area (Å²) in [6.45, 7) is 7.06. The van der Waals surface area contributed by atoms with Gasteiger partial charge in [-0.25, -0.2) is 8.42 Å². The van der Waals surface area contributed by atoms with Gasteiger partial charge in [-0.3, -0.25) is 14.6 Å². The van der Waals surface area contributed by atoms with Gasteiger partial charge in [0.25, 0.3) is 0 Å². The Labute approximate surface area is 155 Å². The second-order valence-corrected chi connectivity index (χ2v) is 8.89. The molecule has 0 saturated carbocycles. The maximum atomic E-state index is 12.0. The maximum Gasteiger partial charge on any atom is 0.318 e. The number of rotatable bonds is 10. The number of nitrogens with zero attached hydrogens (tertiary/aromatic N) is 2. The first-order valence-corrected chi connectivity index (χ1v) is 10.7. The topological polar surface area (TPSA) is 87.2 Å². The van der Waals surface area contributed by atoms with E-state index in [1.165, 1.54) is 0 Å². The summed E-state index contributed by atoms with van der Waals surface area (Å²) in [5.41, 5.74) is 1.11. The summed E-state index contributed by atoms with van der Waals surface area (Å²) in [6.07, 6.45) is 0. The molecule has 0 radical (unpaired) electrons. The lowest BCUT2D eigenvalue weighted by Crippen LogP contribution is -2.47. The number of morpholine rings is 1. The molecule has 1 atom stereocenters. The molecule has 1 heterocycles. The summed E-state index contributed by atoms with van der Waals surface area (Å²) in [5.74, 6) is -2.27. The van der Waals surface area contributed by atoms with Crippen molar-refractivity contribution < 1.29 is 23.1 Å². The van der Waals surface area contributed by atoms with Crippen molar-refractivity contribution in [2.75, 3.05) is 50.9 Å². The third kappa shape index (κ3) is 7.41. The van der Waals surface area contributed by atoms with E-state index in [9.17, 15) is 13.2 Å². The van der Waals surface area contributed by atoms with Crippen LogP contribution in [0.25, 0.3) is 0 Å². The minimum atomic E-state index is -3.61. The smallest absolute Gasteiger partial charge is 0.318 e. The van der Waals surface area contributed by atoms with Gasteiger partial charge in [0.15, 0.2) is 9.84 Å². The zero-order valence-electron chi connectivity index (χ0n) is 15.2. The molecule has 1 fully saturated rings. The number of hydrogen-bond acceptors (Lipinski definition) is 6. The number of benzene rings is 1. The van der Waals surface area contributed by atoms with Gasteiger partial charge < -0.3 is 9.84 Å². The third-order valence-corrected chi connectivity index (χ3v) is 6.00. The molecule has 1 N–H and O–H groups in total. The fraction of sp³-hybridized carbons (Fsp3) is 0.611. The number of carboxylic acid groups (broad SMARTS) is 1. The Hall–Kier alpha value is -1.48. The van der Waals surface area contributed by atoms with Gasteiger partial charge in [-0.05, 0) is 12.5 Å². The van der Waals surface area contributed by atoms with Gasteiger partial charge >= 0.3 is 5.97 Å². The van der Waals surface area contributed by atoms with E-state index >= 15 is 0 Å². The molecule has 1 aromatic carbocycles. The van der Waals surface area contributed by atoms with Crippen molar-refractivity contribution >= 4 is 15.8 Å². The Morgan fingerprint density at radius 1 is 1.27 bits per heavy atom. The lowest BCUT2D eigenvalue weighted by molar-refractivity contribution is -0.134. The zero-order chi connectivity index (χ0) is 19.0. The number of hydrogen-bond donors (Lipinski definition) is 1. The highest BCUT2D eigenvalue weighted by Crippen LogP contribution is 2.11. The molecule has 0 amide bonds. The van der Waals surface area contributed by atoms with E-state index in [4.69, 9.17) is 9.84 Å². The van der Waals surface area contributed by atoms with Crippen LogP contribution in [-0.2, 0) is 25.9 Å². The molecular formula is C18H28N2O5S. The maximum absolute atomic E-state index is 12.0. The minimum Gasteiger partial charge on any atom is -0.480 e. The summed E-state index contributed by atoms with van der Waals surface area (Å²) in [6, 6.07) is 10.0. The molecule has 7 nitrogen and oxygen atoms in total. The van der Waals surface area contributed by atoms with Crippen molar-refractivity contribution in [1.29, 1.82) is 0 Å². The van der Waals surface area contributed by atoms with E-state index in [2.05, 4.69) is 16.7 Å². The Morgan fingerprint density at radius 2 is 1.92 bits per heavy atom. The van der Waals surface area contributed by atoms with E-state index < -0.39 is 21.6 Å². The second kappa shape index (κ2) is 10.0. The number of sulfone groups is 1. The molecule has 1 saturated heterocycles. The van der Waals surface area contributed by atoms with Crippen molar-refractivity contribution in [3.63, 3.8) is 0 Å². The first-order chi connectivity index (χ1) is 12.4. The highest BCUT2D eigenvalue weighted by atomic mass is 32.2. The molecule has 1 unspecified atom stereocenters. The van der Waals surface area contributed by atoms with Crippen LogP contribution in [0.15, 0.2) is 30.3 Å². The van der Waals surface area contributed by atoms with E-state index in [1.54, 1.807) is 0 Å². The average molecular weight is 384 g/mol. The van der Waals surface area contributed by atoms with Gasteiger partial charge in [-0.15, -0.1) is 0 Å². The Morgan fingerprint density at radius 3 is 2.54 bits per heavy atom. The first-order valence-electron chi connectivity index (χ1n) is 8.86. The van der Waals surface area contributed by atoms with Crippen LogP contribution in [0.5, 0.6) is 0 Å². The van der Waals surface area contributed by atoms with E-state index in [0.717, 1.165) is 38.4 Å². The number of aliphatic carboxylic acids is 1. The molecule has 2 rings (SSSR count). The van der Waals surface area contributed by atoms with Gasteiger partial charge in [0, 0.05) is 38.8 Å². The normalized spacial score (nSPS) is 17.3. The van der Waals surface area contributed by atoms with Gasteiger partial charge in [0.1, 0.15) is 5.75 Å². The molecule has 1 aliphatic heterocycles. The van der Waals surface area contributed by atoms with Crippen LogP contribution < -0.4 is 0 Å². The standard InChI is InChI=1S/C18H28N2O5S/c1-16(13-19-7-10-25-11-8-19)20(14-17-5-3-2-4-6-17)9-12-26(23,24)15-18(21)22/h2-6,16H,7-15H2,1H3,(H,21,22). The lowest BCUT2D eigenvalue weighted by atomic mass is 10.1. The van der Waals surface area contributed by atoms with Crippen LogP contribution in [0, 0.1) is 0 Å². The zero-order valence-corrected chi connectivity index (χ0v) is 16.0. The fourth-order valence-corrected chi connectivity index (χ4v) is 4.10. The molecule has 8 heteroatoms. The monoisotopic (exact) mass is 384 g/mol. The van der Waals surface area contributed by atoms with Crippen molar-refractivity contribution in [3.05, 3.63) is 35.9 Å². The predicted molar refractivity (Wildman–Crippen MR) is 99.9 cm³/mol. The van der Waals surface area contributed by atoms with E-state index in [1.807, 2.05) is 30.3 Å². The minimum absolute atomic E-state index is 0.147. The van der Waals surface area contributed by atoms with Crippen LogP contribution in [0.2, 0.25) is 0 Å². The van der Waals surface area contributed by atoms with E-state index in [0.29, 0.717) is 13.1 Å². The lowest BCUT2D eigenvalue weighted by Gasteiger charge is -2.35. The number of ether oxygens (including phenoxy) is 1. The second-order valence-electron chi connectivity index (χ2n) is 6.70. The van der Waals surface area contributed by atoms with Crippen molar-refractivity contribution in [3.8, 4) is 0 Å². The Balaban J connectivity index is 2.01. The fourth-order valence-electron chi connectivity index (χ4n) is 3.06. The summed E-state index contributed by atoms with van der Waals surface area (Å²) < 4.78 is 29.3. The first kappa shape index (κ1) is 20.8. The van der Waals surface area contributed by atoms with Crippen molar-refractivity contribution in [2.24, 2.45) is 0 Å². The van der Waals surface area contributed by atoms with Gasteiger partial charge in [-0.2, -0.15) is 0 Å². The van der Waals surface area contributed by atoms with Gasteiger partial charge in [0.05, 0.1) is 19.0 Å². The number of carbonyl (C=O) groups is 1. The molecule has 1 aliphatic rings. The molecule has 26 heavy (non-hydrogen) atoms. The van der Waals surface area contributed by atoms with Crippen LogP contribution >= 0.6 is 0 Å². The molecule has 0 aromatic heterocycles. The van der Waals surface area contributed by atoms with Crippen molar-refractivity contribution in [1.82, 2.24) is 9.80 Å². The summed E-state index contributed by atoms with van der Waals surface area (Å²) >= 11 is 0. The molecule has 0 bridgehead atoms. The highest BCUT2D eigenvalue weighted by Gasteiger charge is 2.23. The summed E-state index contributed by atoms with van der Waals surface area (Å²) in [4.78, 5) is 15.2. The largest absolute Gasteiger partial charge is 0.480 e. The Kier molecular flexibility index (Phi) is 8.02. The van der Waals surface area contributed by atoms with Crippen LogP contribution in [0.4, 0.5) is 0 Å². The quantitative estimate of drug-likeness (QED) is 0.636. The summed E-state index contributed by atoms with van der Waals surface area (Å²) in [5, 5.41) is 8.76.